The minimum Gasteiger partial charge on any atom is -0.497 e. The first-order chi connectivity index (χ1) is 12.1. The Hall–Kier alpha value is -2.28. The number of nitrogens with one attached hydrogen (secondary N) is 1. The van der Waals surface area contributed by atoms with E-state index in [2.05, 4.69) is 5.32 Å². The second-order valence-electron chi connectivity index (χ2n) is 6.35. The summed E-state index contributed by atoms with van der Waals surface area (Å²) in [4.78, 5) is 26.8. The zero-order valence-electron chi connectivity index (χ0n) is 14.6. The predicted molar refractivity (Wildman–Crippen MR) is 91.8 cm³/mol. The molecule has 2 amide bonds. The van der Waals surface area contributed by atoms with E-state index in [0.29, 0.717) is 36.9 Å². The third-order valence-electron chi connectivity index (χ3n) is 4.83. The molecule has 2 heterocycles. The quantitative estimate of drug-likeness (QED) is 0.876. The van der Waals surface area contributed by atoms with Gasteiger partial charge in [-0.2, -0.15) is 0 Å². The summed E-state index contributed by atoms with van der Waals surface area (Å²) in [7, 11) is 3.11. The van der Waals surface area contributed by atoms with Crippen LogP contribution in [0.1, 0.15) is 19.3 Å². The van der Waals surface area contributed by atoms with Crippen molar-refractivity contribution >= 4 is 17.5 Å². The molecule has 7 heteroatoms. The first-order valence-corrected chi connectivity index (χ1v) is 8.52. The number of rotatable bonds is 5. The van der Waals surface area contributed by atoms with Gasteiger partial charge in [-0.25, -0.2) is 0 Å². The Balaban J connectivity index is 1.67. The number of likely N-dealkylation sites (tertiary alicyclic amines) is 1. The van der Waals surface area contributed by atoms with E-state index >= 15 is 0 Å². The second-order valence-corrected chi connectivity index (χ2v) is 6.35. The molecule has 0 saturated carbocycles. The first kappa shape index (κ1) is 17.5. The monoisotopic (exact) mass is 348 g/mol. The van der Waals surface area contributed by atoms with Crippen molar-refractivity contribution < 1.29 is 23.8 Å². The van der Waals surface area contributed by atoms with E-state index in [1.807, 2.05) is 4.90 Å². The molecule has 1 atom stereocenters. The van der Waals surface area contributed by atoms with Gasteiger partial charge in [-0.3, -0.25) is 9.59 Å². The SMILES string of the molecule is COc1ccc(OC)c(NC(=O)C2CC(=O)N(C3CCOCC3)C2)c1. The van der Waals surface area contributed by atoms with Crippen molar-refractivity contribution in [2.45, 2.75) is 25.3 Å². The van der Waals surface area contributed by atoms with Crippen molar-refractivity contribution in [3.63, 3.8) is 0 Å². The Labute approximate surface area is 147 Å². The number of carbonyl (C=O) groups excluding carboxylic acids is 2. The number of hydrogen-bond donors (Lipinski definition) is 1. The maximum atomic E-state index is 12.6. The number of nitrogens with zero attached hydrogens (tertiary/aromatic N) is 1. The lowest BCUT2D eigenvalue weighted by Crippen LogP contribution is -2.41. The molecule has 1 unspecified atom stereocenters. The van der Waals surface area contributed by atoms with Crippen molar-refractivity contribution in [1.82, 2.24) is 4.90 Å². The molecule has 1 aromatic carbocycles. The molecule has 2 saturated heterocycles. The molecule has 0 bridgehead atoms. The minimum absolute atomic E-state index is 0.0460. The van der Waals surface area contributed by atoms with E-state index < -0.39 is 0 Å². The van der Waals surface area contributed by atoms with Crippen LogP contribution in [0.4, 0.5) is 5.69 Å². The van der Waals surface area contributed by atoms with E-state index in [-0.39, 0.29) is 30.2 Å². The van der Waals surface area contributed by atoms with E-state index in [9.17, 15) is 9.59 Å². The smallest absolute Gasteiger partial charge is 0.229 e. The number of ether oxygens (including phenoxy) is 3. The summed E-state index contributed by atoms with van der Waals surface area (Å²) in [5, 5.41) is 2.87. The van der Waals surface area contributed by atoms with Crippen molar-refractivity contribution in [3.8, 4) is 11.5 Å². The van der Waals surface area contributed by atoms with Crippen LogP contribution in [-0.4, -0.2) is 56.7 Å². The molecule has 2 aliphatic heterocycles. The number of anilines is 1. The highest BCUT2D eigenvalue weighted by Gasteiger charge is 2.38. The number of hydrogen-bond acceptors (Lipinski definition) is 5. The maximum absolute atomic E-state index is 12.6. The van der Waals surface area contributed by atoms with Gasteiger partial charge in [0.05, 0.1) is 25.8 Å². The molecule has 7 nitrogen and oxygen atoms in total. The van der Waals surface area contributed by atoms with E-state index in [0.717, 1.165) is 12.8 Å². The van der Waals surface area contributed by atoms with Crippen LogP contribution in [0.5, 0.6) is 11.5 Å². The summed E-state index contributed by atoms with van der Waals surface area (Å²) in [5.74, 6) is 0.701. The average Bonchev–Trinajstić information content (AvgIpc) is 3.04. The molecule has 1 N–H and O–H groups in total. The van der Waals surface area contributed by atoms with Gasteiger partial charge in [0.2, 0.25) is 11.8 Å². The van der Waals surface area contributed by atoms with Crippen LogP contribution in [0, 0.1) is 5.92 Å². The number of benzene rings is 1. The van der Waals surface area contributed by atoms with Gasteiger partial charge in [-0.15, -0.1) is 0 Å². The third-order valence-corrected chi connectivity index (χ3v) is 4.83. The Morgan fingerprint density at radius 2 is 2.00 bits per heavy atom. The van der Waals surface area contributed by atoms with Gasteiger partial charge in [0.25, 0.3) is 0 Å². The van der Waals surface area contributed by atoms with Crippen LogP contribution in [0.3, 0.4) is 0 Å². The van der Waals surface area contributed by atoms with Gasteiger partial charge < -0.3 is 24.4 Å². The van der Waals surface area contributed by atoms with Gasteiger partial charge in [0, 0.05) is 38.3 Å². The summed E-state index contributed by atoms with van der Waals surface area (Å²) in [5.41, 5.74) is 0.545. The number of methoxy groups -OCH3 is 2. The predicted octanol–water partition coefficient (Wildman–Crippen LogP) is 1.67. The lowest BCUT2D eigenvalue weighted by Gasteiger charge is -2.31. The first-order valence-electron chi connectivity index (χ1n) is 8.52. The lowest BCUT2D eigenvalue weighted by atomic mass is 10.1. The largest absolute Gasteiger partial charge is 0.497 e. The fraction of sp³-hybridized carbons (Fsp3) is 0.556. The molecule has 2 aliphatic rings. The van der Waals surface area contributed by atoms with Crippen molar-refractivity contribution in [2.24, 2.45) is 5.92 Å². The third kappa shape index (κ3) is 3.87. The molecule has 25 heavy (non-hydrogen) atoms. The van der Waals surface area contributed by atoms with E-state index in [1.165, 1.54) is 0 Å². The van der Waals surface area contributed by atoms with Crippen LogP contribution < -0.4 is 14.8 Å². The van der Waals surface area contributed by atoms with Gasteiger partial charge in [-0.05, 0) is 25.0 Å². The molecule has 0 radical (unpaired) electrons. The highest BCUT2D eigenvalue weighted by Crippen LogP contribution is 2.31. The Morgan fingerprint density at radius 3 is 2.68 bits per heavy atom. The summed E-state index contributed by atoms with van der Waals surface area (Å²) in [6.45, 7) is 1.81. The van der Waals surface area contributed by atoms with Crippen molar-refractivity contribution in [3.05, 3.63) is 18.2 Å². The Bertz CT molecular complexity index is 642. The van der Waals surface area contributed by atoms with Crippen molar-refractivity contribution in [1.29, 1.82) is 0 Å². The fourth-order valence-electron chi connectivity index (χ4n) is 3.40. The van der Waals surface area contributed by atoms with Gasteiger partial charge >= 0.3 is 0 Å². The standard InChI is InChI=1S/C18H24N2O5/c1-23-14-3-4-16(24-2)15(10-14)19-18(22)12-9-17(21)20(11-12)13-5-7-25-8-6-13/h3-4,10,12-13H,5-9,11H2,1-2H3,(H,19,22). The number of carbonyl (C=O) groups is 2. The topological polar surface area (TPSA) is 77.1 Å². The Morgan fingerprint density at radius 1 is 1.24 bits per heavy atom. The van der Waals surface area contributed by atoms with Gasteiger partial charge in [-0.1, -0.05) is 0 Å². The normalized spacial score (nSPS) is 21.3. The molecule has 3 rings (SSSR count). The van der Waals surface area contributed by atoms with Crippen LogP contribution in [-0.2, 0) is 14.3 Å². The molecule has 0 aromatic heterocycles. The highest BCUT2D eigenvalue weighted by molar-refractivity contribution is 5.98. The highest BCUT2D eigenvalue weighted by atomic mass is 16.5. The zero-order valence-corrected chi connectivity index (χ0v) is 14.6. The fourth-order valence-corrected chi connectivity index (χ4v) is 3.40. The van der Waals surface area contributed by atoms with Crippen LogP contribution in [0.15, 0.2) is 18.2 Å². The number of amides is 2. The van der Waals surface area contributed by atoms with Crippen LogP contribution >= 0.6 is 0 Å². The van der Waals surface area contributed by atoms with E-state index in [1.54, 1.807) is 32.4 Å². The zero-order chi connectivity index (χ0) is 17.8. The molecule has 0 aliphatic carbocycles. The summed E-state index contributed by atoms with van der Waals surface area (Å²) in [6.07, 6.45) is 1.92. The van der Waals surface area contributed by atoms with Gasteiger partial charge in [0.1, 0.15) is 11.5 Å². The summed E-state index contributed by atoms with van der Waals surface area (Å²) < 4.78 is 15.8. The maximum Gasteiger partial charge on any atom is 0.229 e. The molecule has 0 spiro atoms. The summed E-state index contributed by atoms with van der Waals surface area (Å²) >= 11 is 0. The van der Waals surface area contributed by atoms with Crippen LogP contribution in [0.25, 0.3) is 0 Å². The van der Waals surface area contributed by atoms with Crippen LogP contribution in [0.2, 0.25) is 0 Å². The summed E-state index contributed by atoms with van der Waals surface area (Å²) in [6, 6.07) is 5.40. The second kappa shape index (κ2) is 7.74. The average molecular weight is 348 g/mol. The molecule has 1 aromatic rings. The minimum atomic E-state index is -0.355. The van der Waals surface area contributed by atoms with Gasteiger partial charge in [0.15, 0.2) is 0 Å². The molecule has 136 valence electrons. The van der Waals surface area contributed by atoms with Crippen molar-refractivity contribution in [2.75, 3.05) is 39.3 Å². The van der Waals surface area contributed by atoms with E-state index in [4.69, 9.17) is 14.2 Å². The molecular weight excluding hydrogens is 324 g/mol. The molecule has 2 fully saturated rings. The molecular formula is C18H24N2O5. The Kier molecular flexibility index (Phi) is 5.43. The lowest BCUT2D eigenvalue weighted by molar-refractivity contribution is -0.131.